The summed E-state index contributed by atoms with van der Waals surface area (Å²) in [6, 6.07) is 0. The van der Waals surface area contributed by atoms with E-state index in [1.165, 1.54) is 0 Å². The standard InChI is InChI=1S/C11H16Cl2N6/c1-11(2,3)8(4-18-6-14-9(12)16-18)5-19-7-15-10(13)17-19/h6-8H,4-5H2,1-3H3. The Balaban J connectivity index is 2.12. The lowest BCUT2D eigenvalue weighted by molar-refractivity contribution is 0.174. The maximum atomic E-state index is 5.73. The van der Waals surface area contributed by atoms with E-state index in [1.807, 2.05) is 0 Å². The van der Waals surface area contributed by atoms with E-state index in [9.17, 15) is 0 Å². The van der Waals surface area contributed by atoms with E-state index >= 15 is 0 Å². The fourth-order valence-corrected chi connectivity index (χ4v) is 2.06. The average Bonchev–Trinajstić information content (AvgIpc) is 2.86. The molecule has 0 fully saturated rings. The summed E-state index contributed by atoms with van der Waals surface area (Å²) in [5.41, 5.74) is 0.0802. The first-order chi connectivity index (χ1) is 8.84. The molecule has 2 aromatic heterocycles. The number of rotatable bonds is 4. The summed E-state index contributed by atoms with van der Waals surface area (Å²) < 4.78 is 3.49. The first-order valence-electron chi connectivity index (χ1n) is 5.94. The number of halogens is 2. The van der Waals surface area contributed by atoms with Gasteiger partial charge in [0.25, 0.3) is 0 Å². The van der Waals surface area contributed by atoms with Crippen molar-refractivity contribution < 1.29 is 0 Å². The number of hydrogen-bond acceptors (Lipinski definition) is 4. The van der Waals surface area contributed by atoms with Gasteiger partial charge in [0.2, 0.25) is 10.6 Å². The molecule has 0 bridgehead atoms. The van der Waals surface area contributed by atoms with Gasteiger partial charge in [-0.25, -0.2) is 9.97 Å². The Morgan fingerprint density at radius 1 is 1.00 bits per heavy atom. The Hall–Kier alpha value is -1.14. The van der Waals surface area contributed by atoms with E-state index in [2.05, 4.69) is 40.9 Å². The molecule has 19 heavy (non-hydrogen) atoms. The number of aromatic nitrogens is 6. The van der Waals surface area contributed by atoms with E-state index < -0.39 is 0 Å². The summed E-state index contributed by atoms with van der Waals surface area (Å²) in [5.74, 6) is 0.294. The summed E-state index contributed by atoms with van der Waals surface area (Å²) in [6.07, 6.45) is 3.27. The van der Waals surface area contributed by atoms with Crippen LogP contribution in [0, 0.1) is 11.3 Å². The van der Waals surface area contributed by atoms with Crippen molar-refractivity contribution in [1.82, 2.24) is 29.5 Å². The second kappa shape index (κ2) is 5.46. The predicted octanol–water partition coefficient (Wildman–Crippen LogP) is 2.54. The Kier molecular flexibility index (Phi) is 4.10. The molecule has 0 aliphatic rings. The first-order valence-corrected chi connectivity index (χ1v) is 6.70. The maximum Gasteiger partial charge on any atom is 0.242 e. The highest BCUT2D eigenvalue weighted by Crippen LogP contribution is 2.28. The summed E-state index contributed by atoms with van der Waals surface area (Å²) in [5, 5.41) is 8.74. The largest absolute Gasteiger partial charge is 0.251 e. The second-order valence-corrected chi connectivity index (χ2v) is 6.21. The van der Waals surface area contributed by atoms with Gasteiger partial charge in [-0.15, -0.1) is 10.2 Å². The molecule has 0 aromatic carbocycles. The monoisotopic (exact) mass is 302 g/mol. The first kappa shape index (κ1) is 14.3. The van der Waals surface area contributed by atoms with E-state index in [1.54, 1.807) is 22.0 Å². The normalized spacial score (nSPS) is 12.3. The van der Waals surface area contributed by atoms with Crippen LogP contribution >= 0.6 is 23.2 Å². The van der Waals surface area contributed by atoms with Crippen LogP contribution in [0.25, 0.3) is 0 Å². The maximum absolute atomic E-state index is 5.73. The molecule has 0 saturated heterocycles. The Morgan fingerprint density at radius 2 is 1.42 bits per heavy atom. The topological polar surface area (TPSA) is 61.4 Å². The molecule has 0 unspecified atom stereocenters. The fourth-order valence-electron chi connectivity index (χ4n) is 1.78. The van der Waals surface area contributed by atoms with Gasteiger partial charge in [-0.1, -0.05) is 20.8 Å². The molecule has 0 aliphatic carbocycles. The zero-order chi connectivity index (χ0) is 14.0. The zero-order valence-electron chi connectivity index (χ0n) is 11.1. The van der Waals surface area contributed by atoms with Crippen LogP contribution in [0.15, 0.2) is 12.7 Å². The van der Waals surface area contributed by atoms with Crippen LogP contribution in [0.3, 0.4) is 0 Å². The zero-order valence-corrected chi connectivity index (χ0v) is 12.6. The van der Waals surface area contributed by atoms with E-state index in [0.29, 0.717) is 19.0 Å². The van der Waals surface area contributed by atoms with Crippen LogP contribution in [0.1, 0.15) is 20.8 Å². The second-order valence-electron chi connectivity index (χ2n) is 5.53. The van der Waals surface area contributed by atoms with Gasteiger partial charge in [0.05, 0.1) is 0 Å². The lowest BCUT2D eigenvalue weighted by Crippen LogP contribution is -2.30. The summed E-state index contributed by atoms with van der Waals surface area (Å²) in [4.78, 5) is 7.85. The van der Waals surface area contributed by atoms with E-state index in [4.69, 9.17) is 23.2 Å². The van der Waals surface area contributed by atoms with Gasteiger partial charge in [-0.05, 0) is 28.6 Å². The third-order valence-electron chi connectivity index (χ3n) is 3.06. The molecule has 104 valence electrons. The van der Waals surface area contributed by atoms with Crippen molar-refractivity contribution in [2.45, 2.75) is 33.9 Å². The molecule has 6 nitrogen and oxygen atoms in total. The van der Waals surface area contributed by atoms with Crippen LogP contribution in [-0.4, -0.2) is 29.5 Å². The van der Waals surface area contributed by atoms with Gasteiger partial charge < -0.3 is 0 Å². The highest BCUT2D eigenvalue weighted by Gasteiger charge is 2.26. The van der Waals surface area contributed by atoms with Crippen molar-refractivity contribution in [1.29, 1.82) is 0 Å². The molecule has 0 amide bonds. The molecule has 0 saturated carbocycles. The SMILES string of the molecule is CC(C)(C)C(Cn1cnc(Cl)n1)Cn1cnc(Cl)n1. The summed E-state index contributed by atoms with van der Waals surface area (Å²) in [6.45, 7) is 7.94. The highest BCUT2D eigenvalue weighted by molar-refractivity contribution is 6.28. The van der Waals surface area contributed by atoms with Crippen molar-refractivity contribution in [3.63, 3.8) is 0 Å². The minimum Gasteiger partial charge on any atom is -0.251 e. The fraction of sp³-hybridized carbons (Fsp3) is 0.636. The highest BCUT2D eigenvalue weighted by atomic mass is 35.5. The minimum absolute atomic E-state index is 0.0802. The van der Waals surface area contributed by atoms with Gasteiger partial charge >= 0.3 is 0 Å². The van der Waals surface area contributed by atoms with Gasteiger partial charge in [-0.2, -0.15) is 0 Å². The molecule has 2 heterocycles. The number of hydrogen-bond donors (Lipinski definition) is 0. The predicted molar refractivity (Wildman–Crippen MR) is 73.0 cm³/mol. The van der Waals surface area contributed by atoms with Crippen molar-refractivity contribution in [3.05, 3.63) is 23.2 Å². The third kappa shape index (κ3) is 3.91. The molecule has 0 N–H and O–H groups in total. The van der Waals surface area contributed by atoms with E-state index in [-0.39, 0.29) is 16.0 Å². The molecule has 2 aromatic rings. The molecule has 0 spiro atoms. The molecule has 0 atom stereocenters. The Morgan fingerprint density at radius 3 is 1.68 bits per heavy atom. The molecule has 0 aliphatic heterocycles. The van der Waals surface area contributed by atoms with Crippen molar-refractivity contribution in [3.8, 4) is 0 Å². The molecular formula is C11H16Cl2N6. The van der Waals surface area contributed by atoms with Gasteiger partial charge in [0.1, 0.15) is 12.7 Å². The van der Waals surface area contributed by atoms with Crippen LogP contribution in [0.5, 0.6) is 0 Å². The lowest BCUT2D eigenvalue weighted by Gasteiger charge is -2.30. The quantitative estimate of drug-likeness (QED) is 0.871. The molecule has 8 heteroatoms. The van der Waals surface area contributed by atoms with Crippen molar-refractivity contribution in [2.75, 3.05) is 0 Å². The van der Waals surface area contributed by atoms with E-state index in [0.717, 1.165) is 0 Å². The van der Waals surface area contributed by atoms with Crippen molar-refractivity contribution in [2.24, 2.45) is 11.3 Å². The average molecular weight is 303 g/mol. The Bertz CT molecular complexity index is 499. The Labute approximate surface area is 121 Å². The van der Waals surface area contributed by atoms with Crippen LogP contribution < -0.4 is 0 Å². The van der Waals surface area contributed by atoms with Crippen LogP contribution in [-0.2, 0) is 13.1 Å². The number of nitrogens with zero attached hydrogens (tertiary/aromatic N) is 6. The van der Waals surface area contributed by atoms with Gasteiger partial charge in [0, 0.05) is 19.0 Å². The lowest BCUT2D eigenvalue weighted by atomic mass is 9.80. The summed E-state index contributed by atoms with van der Waals surface area (Å²) >= 11 is 11.5. The molecule has 0 radical (unpaired) electrons. The van der Waals surface area contributed by atoms with Crippen molar-refractivity contribution >= 4 is 23.2 Å². The van der Waals surface area contributed by atoms with Gasteiger partial charge in [-0.3, -0.25) is 9.36 Å². The molecule has 2 rings (SSSR count). The minimum atomic E-state index is 0.0802. The molecular weight excluding hydrogens is 287 g/mol. The van der Waals surface area contributed by atoms with Gasteiger partial charge in [0.15, 0.2) is 0 Å². The third-order valence-corrected chi connectivity index (χ3v) is 3.40. The summed E-state index contributed by atoms with van der Waals surface area (Å²) in [7, 11) is 0. The van der Waals surface area contributed by atoms with Crippen LogP contribution in [0.4, 0.5) is 0 Å². The van der Waals surface area contributed by atoms with Crippen LogP contribution in [0.2, 0.25) is 10.6 Å². The smallest absolute Gasteiger partial charge is 0.242 e.